The maximum absolute atomic E-state index is 13.0. The Morgan fingerprint density at radius 3 is 2.39 bits per heavy atom. The normalized spacial score (nSPS) is 11.0. The molecular weight excluding hydrogens is 456 g/mol. The molecule has 4 aromatic rings. The number of carbonyl (C=O) groups excluding carboxylic acids is 2. The van der Waals surface area contributed by atoms with Crippen molar-refractivity contribution >= 4 is 34.9 Å². The minimum Gasteiger partial charge on any atom is -0.355 e. The molecule has 0 fully saturated rings. The van der Waals surface area contributed by atoms with E-state index in [9.17, 15) is 9.59 Å². The molecule has 0 spiro atoms. The first kappa shape index (κ1) is 23.0. The van der Waals surface area contributed by atoms with Crippen LogP contribution in [0.1, 0.15) is 44.6 Å². The van der Waals surface area contributed by atoms with E-state index in [4.69, 9.17) is 11.6 Å². The number of thioether (sulfide) groups is 1. The number of rotatable bonds is 8. The van der Waals surface area contributed by atoms with E-state index in [1.54, 1.807) is 13.8 Å². The monoisotopic (exact) mass is 478 g/mol. The Hall–Kier alpha value is -3.16. The molecule has 1 N–H and O–H groups in total. The second kappa shape index (κ2) is 9.77. The fraction of sp³-hybridized carbons (Fsp3) is 0.200. The Morgan fingerprint density at radius 1 is 1.03 bits per heavy atom. The Bertz CT molecular complexity index is 1330. The number of hydrogen-bond acceptors (Lipinski definition) is 5. The lowest BCUT2D eigenvalue weighted by Gasteiger charge is -2.11. The number of H-pyrrole nitrogens is 1. The van der Waals surface area contributed by atoms with E-state index in [0.717, 1.165) is 11.1 Å². The summed E-state index contributed by atoms with van der Waals surface area (Å²) in [7, 11) is 0. The van der Waals surface area contributed by atoms with Crippen LogP contribution in [-0.4, -0.2) is 37.1 Å². The Balaban J connectivity index is 1.64. The van der Waals surface area contributed by atoms with Gasteiger partial charge in [0.15, 0.2) is 22.5 Å². The summed E-state index contributed by atoms with van der Waals surface area (Å²) < 4.78 is 1.97. The topological polar surface area (TPSA) is 80.6 Å². The van der Waals surface area contributed by atoms with Crippen LogP contribution >= 0.6 is 23.4 Å². The average Bonchev–Trinajstić information content (AvgIpc) is 3.32. The number of Topliss-reactive ketones (excluding diaryl/α,β-unsaturated/α-hetero) is 2. The SMILES string of the molecule is CC(=O)c1c(C)[nH]c(C(=O)CSc2nnc(-c3ccccc3Cl)n2Cc2ccccc2)c1C. The molecule has 0 atom stereocenters. The summed E-state index contributed by atoms with van der Waals surface area (Å²) in [5, 5.41) is 9.97. The van der Waals surface area contributed by atoms with Crippen molar-refractivity contribution in [1.29, 1.82) is 0 Å². The van der Waals surface area contributed by atoms with E-state index in [1.165, 1.54) is 18.7 Å². The molecule has 2 heterocycles. The molecule has 168 valence electrons. The van der Waals surface area contributed by atoms with E-state index in [1.807, 2.05) is 59.2 Å². The van der Waals surface area contributed by atoms with Gasteiger partial charge in [-0.15, -0.1) is 10.2 Å². The average molecular weight is 479 g/mol. The lowest BCUT2D eigenvalue weighted by Crippen LogP contribution is -2.08. The Kier molecular flexibility index (Phi) is 6.81. The van der Waals surface area contributed by atoms with Crippen molar-refractivity contribution in [3.05, 3.63) is 87.7 Å². The van der Waals surface area contributed by atoms with Gasteiger partial charge in [-0.25, -0.2) is 0 Å². The summed E-state index contributed by atoms with van der Waals surface area (Å²) >= 11 is 7.75. The summed E-state index contributed by atoms with van der Waals surface area (Å²) in [6.07, 6.45) is 0. The van der Waals surface area contributed by atoms with Crippen LogP contribution in [0.4, 0.5) is 0 Å². The smallest absolute Gasteiger partial charge is 0.192 e. The highest BCUT2D eigenvalue weighted by molar-refractivity contribution is 7.99. The second-order valence-corrected chi connectivity index (χ2v) is 9.10. The van der Waals surface area contributed by atoms with E-state index in [0.29, 0.717) is 45.1 Å². The third kappa shape index (κ3) is 4.79. The molecule has 8 heteroatoms. The molecule has 0 bridgehead atoms. The fourth-order valence-electron chi connectivity index (χ4n) is 3.91. The van der Waals surface area contributed by atoms with Crippen molar-refractivity contribution in [3.8, 4) is 11.4 Å². The van der Waals surface area contributed by atoms with Crippen LogP contribution in [0.5, 0.6) is 0 Å². The summed E-state index contributed by atoms with van der Waals surface area (Å²) in [6, 6.07) is 17.5. The highest BCUT2D eigenvalue weighted by Crippen LogP contribution is 2.30. The standard InChI is InChI=1S/C25H23ClN4O2S/c1-15-22(17(3)31)16(2)27-23(15)21(32)14-33-25-29-28-24(19-11-7-8-12-20(19)26)30(25)13-18-9-5-4-6-10-18/h4-12,27H,13-14H2,1-3H3. The summed E-state index contributed by atoms with van der Waals surface area (Å²) in [5.74, 6) is 0.653. The largest absolute Gasteiger partial charge is 0.355 e. The van der Waals surface area contributed by atoms with Crippen LogP contribution in [0.3, 0.4) is 0 Å². The van der Waals surface area contributed by atoms with Crippen LogP contribution in [0, 0.1) is 13.8 Å². The molecule has 0 saturated heterocycles. The van der Waals surface area contributed by atoms with Gasteiger partial charge in [-0.2, -0.15) is 0 Å². The second-order valence-electron chi connectivity index (χ2n) is 7.75. The first-order chi connectivity index (χ1) is 15.9. The maximum atomic E-state index is 13.0. The molecule has 2 aromatic heterocycles. The first-order valence-corrected chi connectivity index (χ1v) is 11.8. The van der Waals surface area contributed by atoms with E-state index >= 15 is 0 Å². The number of nitrogens with zero attached hydrogens (tertiary/aromatic N) is 3. The van der Waals surface area contributed by atoms with Crippen LogP contribution in [-0.2, 0) is 6.54 Å². The maximum Gasteiger partial charge on any atom is 0.192 e. The Labute approximate surface area is 201 Å². The molecule has 4 rings (SSSR count). The van der Waals surface area contributed by atoms with E-state index in [-0.39, 0.29) is 17.3 Å². The molecule has 0 saturated carbocycles. The highest BCUT2D eigenvalue weighted by atomic mass is 35.5. The fourth-order valence-corrected chi connectivity index (χ4v) is 4.94. The number of halogens is 1. The predicted molar refractivity (Wildman–Crippen MR) is 131 cm³/mol. The molecule has 0 aliphatic heterocycles. The lowest BCUT2D eigenvalue weighted by molar-refractivity contribution is 0.101. The van der Waals surface area contributed by atoms with Crippen LogP contribution in [0.2, 0.25) is 5.02 Å². The molecule has 2 aromatic carbocycles. The van der Waals surface area contributed by atoms with Gasteiger partial charge in [-0.1, -0.05) is 65.8 Å². The number of aromatic amines is 1. The number of ketones is 2. The van der Waals surface area contributed by atoms with Crippen molar-refractivity contribution in [2.45, 2.75) is 32.5 Å². The quantitative estimate of drug-likeness (QED) is 0.257. The molecule has 0 unspecified atom stereocenters. The van der Waals surface area contributed by atoms with Gasteiger partial charge in [0, 0.05) is 16.8 Å². The van der Waals surface area contributed by atoms with Crippen molar-refractivity contribution < 1.29 is 9.59 Å². The first-order valence-electron chi connectivity index (χ1n) is 10.4. The third-order valence-electron chi connectivity index (χ3n) is 5.42. The van der Waals surface area contributed by atoms with Crippen molar-refractivity contribution in [3.63, 3.8) is 0 Å². The van der Waals surface area contributed by atoms with Gasteiger partial charge >= 0.3 is 0 Å². The van der Waals surface area contributed by atoms with Gasteiger partial charge in [-0.3, -0.25) is 14.2 Å². The Morgan fingerprint density at radius 2 is 1.73 bits per heavy atom. The van der Waals surface area contributed by atoms with E-state index in [2.05, 4.69) is 15.2 Å². The number of benzene rings is 2. The zero-order valence-corrected chi connectivity index (χ0v) is 20.1. The van der Waals surface area contributed by atoms with Gasteiger partial charge in [-0.05, 0) is 44.0 Å². The minimum atomic E-state index is -0.0957. The minimum absolute atomic E-state index is 0.0556. The number of aryl methyl sites for hydroxylation is 1. The van der Waals surface area contributed by atoms with Gasteiger partial charge in [0.25, 0.3) is 0 Å². The predicted octanol–water partition coefficient (Wildman–Crippen LogP) is 5.77. The summed E-state index contributed by atoms with van der Waals surface area (Å²) in [5.41, 5.74) is 4.31. The number of hydrogen-bond donors (Lipinski definition) is 1. The van der Waals surface area contributed by atoms with Crippen molar-refractivity contribution in [1.82, 2.24) is 19.7 Å². The molecular formula is C25H23ClN4O2S. The van der Waals surface area contributed by atoms with Gasteiger partial charge in [0.2, 0.25) is 0 Å². The molecule has 0 amide bonds. The molecule has 0 aliphatic carbocycles. The van der Waals surface area contributed by atoms with Crippen molar-refractivity contribution in [2.24, 2.45) is 0 Å². The summed E-state index contributed by atoms with van der Waals surface area (Å²) in [6.45, 7) is 5.65. The third-order valence-corrected chi connectivity index (χ3v) is 6.71. The number of carbonyl (C=O) groups is 2. The molecule has 6 nitrogen and oxygen atoms in total. The van der Waals surface area contributed by atoms with Crippen molar-refractivity contribution in [2.75, 3.05) is 5.75 Å². The molecule has 0 aliphatic rings. The van der Waals surface area contributed by atoms with E-state index < -0.39 is 0 Å². The zero-order valence-electron chi connectivity index (χ0n) is 18.6. The van der Waals surface area contributed by atoms with Crippen LogP contribution in [0.25, 0.3) is 11.4 Å². The zero-order chi connectivity index (χ0) is 23.5. The number of aromatic nitrogens is 4. The van der Waals surface area contributed by atoms with Crippen LogP contribution < -0.4 is 0 Å². The lowest BCUT2D eigenvalue weighted by atomic mass is 10.1. The number of nitrogens with one attached hydrogen (secondary N) is 1. The van der Waals surface area contributed by atoms with Gasteiger partial charge in [0.1, 0.15) is 0 Å². The highest BCUT2D eigenvalue weighted by Gasteiger charge is 2.22. The summed E-state index contributed by atoms with van der Waals surface area (Å²) in [4.78, 5) is 28.0. The van der Waals surface area contributed by atoms with Crippen LogP contribution in [0.15, 0.2) is 59.8 Å². The van der Waals surface area contributed by atoms with Gasteiger partial charge < -0.3 is 4.98 Å². The molecule has 0 radical (unpaired) electrons. The van der Waals surface area contributed by atoms with Gasteiger partial charge in [0.05, 0.1) is 23.0 Å². The molecule has 33 heavy (non-hydrogen) atoms.